The van der Waals surface area contributed by atoms with Crippen molar-refractivity contribution < 1.29 is 4.42 Å². The van der Waals surface area contributed by atoms with Crippen LogP contribution in [-0.2, 0) is 0 Å². The van der Waals surface area contributed by atoms with E-state index in [1.165, 1.54) is 125 Å². The third-order valence-corrected chi connectivity index (χ3v) is 14.7. The molecule has 0 fully saturated rings. The summed E-state index contributed by atoms with van der Waals surface area (Å²) in [6.45, 7) is 0. The lowest BCUT2D eigenvalue weighted by Crippen LogP contribution is -1.94. The van der Waals surface area contributed by atoms with Crippen LogP contribution in [0.15, 0.2) is 235 Å². The Morgan fingerprint density at radius 3 is 1.03 bits per heavy atom. The summed E-state index contributed by atoms with van der Waals surface area (Å²) in [4.78, 5) is 0. The van der Waals surface area contributed by atoms with Crippen molar-refractivity contribution in [3.05, 3.63) is 231 Å². The molecule has 0 bridgehead atoms. The van der Waals surface area contributed by atoms with Gasteiger partial charge in [0.05, 0.1) is 0 Å². The van der Waals surface area contributed by atoms with Crippen molar-refractivity contribution in [2.45, 2.75) is 0 Å². The minimum Gasteiger partial charge on any atom is -0.456 e. The van der Waals surface area contributed by atoms with Crippen LogP contribution in [0.3, 0.4) is 0 Å². The maximum Gasteiger partial charge on any atom is 0.136 e. The molecular formula is C66H38O. The van der Waals surface area contributed by atoms with E-state index in [-0.39, 0.29) is 0 Å². The van der Waals surface area contributed by atoms with Crippen LogP contribution >= 0.6 is 0 Å². The molecule has 0 aliphatic carbocycles. The first kappa shape index (κ1) is 36.5. The van der Waals surface area contributed by atoms with E-state index >= 15 is 0 Å². The second-order valence-corrected chi connectivity index (χ2v) is 18.2. The molecule has 308 valence electrons. The zero-order valence-corrected chi connectivity index (χ0v) is 36.3. The van der Waals surface area contributed by atoms with Crippen molar-refractivity contribution in [3.63, 3.8) is 0 Å². The van der Waals surface area contributed by atoms with Crippen LogP contribution in [0.4, 0.5) is 0 Å². The van der Waals surface area contributed by atoms with Gasteiger partial charge in [0.25, 0.3) is 0 Å². The highest BCUT2D eigenvalue weighted by molar-refractivity contribution is 6.32. The Hall–Kier alpha value is -8.78. The fourth-order valence-electron chi connectivity index (χ4n) is 11.8. The van der Waals surface area contributed by atoms with Crippen LogP contribution in [0.1, 0.15) is 0 Å². The molecule has 0 saturated carbocycles. The van der Waals surface area contributed by atoms with Gasteiger partial charge in [0, 0.05) is 10.8 Å². The van der Waals surface area contributed by atoms with E-state index < -0.39 is 0 Å². The van der Waals surface area contributed by atoms with Crippen LogP contribution in [0, 0.1) is 0 Å². The molecule has 0 saturated heterocycles. The monoisotopic (exact) mass is 846 g/mol. The summed E-state index contributed by atoms with van der Waals surface area (Å²) in [6.07, 6.45) is 0. The number of hydrogen-bond acceptors (Lipinski definition) is 1. The van der Waals surface area contributed by atoms with Crippen LogP contribution < -0.4 is 0 Å². The topological polar surface area (TPSA) is 13.1 Å². The molecule has 67 heavy (non-hydrogen) atoms. The third-order valence-electron chi connectivity index (χ3n) is 14.7. The molecule has 0 amide bonds. The maximum atomic E-state index is 6.94. The van der Waals surface area contributed by atoms with Gasteiger partial charge < -0.3 is 4.42 Å². The Morgan fingerprint density at radius 1 is 0.179 bits per heavy atom. The summed E-state index contributed by atoms with van der Waals surface area (Å²) >= 11 is 0. The van der Waals surface area contributed by atoms with Gasteiger partial charge in [-0.2, -0.15) is 0 Å². The zero-order chi connectivity index (χ0) is 43.7. The fourth-order valence-corrected chi connectivity index (χ4v) is 11.8. The number of furan rings is 1. The van der Waals surface area contributed by atoms with Crippen LogP contribution in [-0.4, -0.2) is 0 Å². The molecule has 0 unspecified atom stereocenters. The normalized spacial score (nSPS) is 12.2. The number of hydrogen-bond donors (Lipinski definition) is 0. The molecule has 0 aliphatic heterocycles. The van der Waals surface area contributed by atoms with Crippen LogP contribution in [0.25, 0.3) is 152 Å². The molecule has 0 aliphatic rings. The van der Waals surface area contributed by atoms with Gasteiger partial charge in [0.1, 0.15) is 11.2 Å². The van der Waals surface area contributed by atoms with Crippen molar-refractivity contribution in [2.75, 3.05) is 0 Å². The van der Waals surface area contributed by atoms with E-state index in [0.29, 0.717) is 0 Å². The summed E-state index contributed by atoms with van der Waals surface area (Å²) in [5.41, 5.74) is 9.17. The molecule has 15 aromatic rings. The number of rotatable bonds is 3. The van der Waals surface area contributed by atoms with Crippen molar-refractivity contribution in [1.29, 1.82) is 0 Å². The summed E-state index contributed by atoms with van der Waals surface area (Å²) < 4.78 is 6.94. The Labute approximate surface area is 385 Å². The maximum absolute atomic E-state index is 6.94. The second kappa shape index (κ2) is 13.9. The quantitative estimate of drug-likeness (QED) is 0.128. The predicted octanol–water partition coefficient (Wildman–Crippen LogP) is 19.0. The smallest absolute Gasteiger partial charge is 0.136 e. The molecule has 1 aromatic heterocycles. The molecule has 0 N–H and O–H groups in total. The average molecular weight is 847 g/mol. The predicted molar refractivity (Wildman–Crippen MR) is 288 cm³/mol. The van der Waals surface area contributed by atoms with E-state index in [1.54, 1.807) is 0 Å². The zero-order valence-electron chi connectivity index (χ0n) is 36.3. The first-order valence-corrected chi connectivity index (χ1v) is 23.2. The number of fused-ring (bicyclic) bond motifs is 15. The summed E-state index contributed by atoms with van der Waals surface area (Å²) in [7, 11) is 0. The standard InChI is InChI=1S/C66H38O/c1-2-16-40-33-43(30-29-39(40)15-1)63-48-21-7-11-25-52(48)65(53-26-12-8-22-49(53)63)66-54-27-13-9-23-50(54)64(51-24-10-14-28-55(51)66)44-31-32-47-60-37-58-57-35-42-18-4-3-17-41(42)34-56(57)45-19-5-6-20-46(45)59(58)38-62(60)67-61(47)36-44/h1-38H. The van der Waals surface area contributed by atoms with Gasteiger partial charge in [-0.1, -0.05) is 188 Å². The summed E-state index contributed by atoms with van der Waals surface area (Å²) in [5, 5.41) is 24.6. The van der Waals surface area contributed by atoms with Crippen molar-refractivity contribution in [2.24, 2.45) is 0 Å². The fraction of sp³-hybridized carbons (Fsp3) is 0. The van der Waals surface area contributed by atoms with E-state index in [0.717, 1.165) is 27.5 Å². The molecule has 0 spiro atoms. The first-order valence-electron chi connectivity index (χ1n) is 23.2. The van der Waals surface area contributed by atoms with Gasteiger partial charge >= 0.3 is 0 Å². The molecule has 15 rings (SSSR count). The van der Waals surface area contributed by atoms with Crippen LogP contribution in [0.2, 0.25) is 0 Å². The summed E-state index contributed by atoms with van der Waals surface area (Å²) in [6, 6.07) is 85.4. The van der Waals surface area contributed by atoms with E-state index in [1.807, 2.05) is 0 Å². The van der Waals surface area contributed by atoms with E-state index in [4.69, 9.17) is 4.42 Å². The molecule has 0 radical (unpaired) electrons. The van der Waals surface area contributed by atoms with Crippen molar-refractivity contribution in [3.8, 4) is 33.4 Å². The Balaban J connectivity index is 0.981. The Bertz CT molecular complexity index is 4510. The van der Waals surface area contributed by atoms with Gasteiger partial charge in [0.15, 0.2) is 0 Å². The first-order chi connectivity index (χ1) is 33.2. The lowest BCUT2D eigenvalue weighted by atomic mass is 9.81. The molecular weight excluding hydrogens is 809 g/mol. The van der Waals surface area contributed by atoms with Gasteiger partial charge in [-0.15, -0.1) is 0 Å². The molecule has 1 nitrogen and oxygen atoms in total. The average Bonchev–Trinajstić information content (AvgIpc) is 3.75. The number of benzene rings is 14. The summed E-state index contributed by atoms with van der Waals surface area (Å²) in [5.74, 6) is 0. The van der Waals surface area contributed by atoms with Crippen molar-refractivity contribution in [1.82, 2.24) is 0 Å². The van der Waals surface area contributed by atoms with Gasteiger partial charge in [-0.25, -0.2) is 0 Å². The lowest BCUT2D eigenvalue weighted by Gasteiger charge is -2.22. The van der Waals surface area contributed by atoms with Crippen molar-refractivity contribution >= 4 is 119 Å². The minimum atomic E-state index is 0.889. The van der Waals surface area contributed by atoms with Crippen LogP contribution in [0.5, 0.6) is 0 Å². The SMILES string of the molecule is c1ccc2cc(-c3c4ccccc4c(-c4c5ccccc5c(-c5ccc6c(c5)oc5cc7c8ccccc8c8cc9ccccc9cc8c7cc56)c5ccccc45)c4ccccc34)ccc2c1. The third kappa shape index (κ3) is 5.25. The van der Waals surface area contributed by atoms with E-state index in [2.05, 4.69) is 231 Å². The highest BCUT2D eigenvalue weighted by atomic mass is 16.3. The highest BCUT2D eigenvalue weighted by Crippen LogP contribution is 2.51. The molecule has 1 heteroatoms. The molecule has 1 heterocycles. The Morgan fingerprint density at radius 2 is 0.522 bits per heavy atom. The Kier molecular flexibility index (Phi) is 7.56. The minimum absolute atomic E-state index is 0.889. The van der Waals surface area contributed by atoms with Gasteiger partial charge in [-0.05, 0) is 173 Å². The molecule has 0 atom stereocenters. The van der Waals surface area contributed by atoms with E-state index in [9.17, 15) is 0 Å². The second-order valence-electron chi connectivity index (χ2n) is 18.2. The van der Waals surface area contributed by atoms with Gasteiger partial charge in [0.2, 0.25) is 0 Å². The lowest BCUT2D eigenvalue weighted by molar-refractivity contribution is 0.669. The molecule has 14 aromatic carbocycles. The highest BCUT2D eigenvalue weighted by Gasteiger charge is 2.23. The van der Waals surface area contributed by atoms with Gasteiger partial charge in [-0.3, -0.25) is 0 Å². The largest absolute Gasteiger partial charge is 0.456 e.